The first-order valence-electron chi connectivity index (χ1n) is 10.2. The van der Waals surface area contributed by atoms with Crippen molar-refractivity contribution in [1.29, 1.82) is 0 Å². The number of benzene rings is 2. The Morgan fingerprint density at radius 3 is 2.03 bits per heavy atom. The van der Waals surface area contributed by atoms with Crippen LogP contribution in [0.25, 0.3) is 0 Å². The molecule has 0 radical (unpaired) electrons. The number of rotatable bonds is 8. The van der Waals surface area contributed by atoms with Gasteiger partial charge in [0.2, 0.25) is 16.0 Å². The minimum Gasteiger partial charge on any atom is -0.324 e. The summed E-state index contributed by atoms with van der Waals surface area (Å²) in [6.45, 7) is 8.03. The van der Waals surface area contributed by atoms with Crippen LogP contribution in [0.2, 0.25) is 0 Å². The van der Waals surface area contributed by atoms with E-state index in [1.54, 1.807) is 36.4 Å². The molecule has 0 atom stereocenters. The van der Waals surface area contributed by atoms with E-state index in [1.807, 2.05) is 33.8 Å². The van der Waals surface area contributed by atoms with Gasteiger partial charge in [0.05, 0.1) is 4.90 Å². The van der Waals surface area contributed by atoms with Crippen LogP contribution in [0.3, 0.4) is 0 Å². The third kappa shape index (κ3) is 6.35. The minimum absolute atomic E-state index is 0.153. The number of nitrogens with one attached hydrogen (secondary N) is 3. The van der Waals surface area contributed by atoms with E-state index < -0.39 is 10.0 Å². The van der Waals surface area contributed by atoms with E-state index in [2.05, 4.69) is 25.3 Å². The van der Waals surface area contributed by atoms with Crippen LogP contribution >= 0.6 is 0 Å². The molecule has 0 aliphatic carbocycles. The number of aromatic nitrogens is 2. The van der Waals surface area contributed by atoms with Gasteiger partial charge >= 0.3 is 0 Å². The van der Waals surface area contributed by atoms with Gasteiger partial charge in [0, 0.05) is 34.9 Å². The smallest absolute Gasteiger partial charge is 0.255 e. The first kappa shape index (κ1) is 23.4. The van der Waals surface area contributed by atoms with Crippen LogP contribution in [0.15, 0.2) is 59.5 Å². The third-order valence-electron chi connectivity index (χ3n) is 4.49. The van der Waals surface area contributed by atoms with Crippen LogP contribution in [-0.4, -0.2) is 30.8 Å². The largest absolute Gasteiger partial charge is 0.324 e. The lowest BCUT2D eigenvalue weighted by molar-refractivity contribution is 0.102. The lowest BCUT2D eigenvalue weighted by atomic mass is 10.2. The quantitative estimate of drug-likeness (QED) is 0.475. The van der Waals surface area contributed by atoms with Crippen molar-refractivity contribution in [2.24, 2.45) is 5.92 Å². The lowest BCUT2D eigenvalue weighted by Crippen LogP contribution is -2.27. The molecule has 32 heavy (non-hydrogen) atoms. The van der Waals surface area contributed by atoms with Crippen LogP contribution in [0.5, 0.6) is 0 Å². The number of nitrogens with zero attached hydrogens (tertiary/aromatic N) is 2. The Bertz CT molecular complexity index is 1170. The number of hydrogen-bond acceptors (Lipinski definition) is 6. The van der Waals surface area contributed by atoms with Crippen LogP contribution < -0.4 is 15.4 Å². The lowest BCUT2D eigenvalue weighted by Gasteiger charge is -2.10. The Morgan fingerprint density at radius 2 is 1.47 bits per heavy atom. The van der Waals surface area contributed by atoms with Gasteiger partial charge in [0.15, 0.2) is 0 Å². The second kappa shape index (κ2) is 9.88. The van der Waals surface area contributed by atoms with Crippen molar-refractivity contribution in [2.45, 2.75) is 32.6 Å². The number of sulfonamides is 1. The first-order chi connectivity index (χ1) is 15.1. The molecule has 3 N–H and O–H groups in total. The number of carbonyl (C=O) groups is 1. The van der Waals surface area contributed by atoms with Gasteiger partial charge in [-0.05, 0) is 74.4 Å². The molecule has 3 aromatic rings. The van der Waals surface area contributed by atoms with Crippen molar-refractivity contribution < 1.29 is 13.2 Å². The summed E-state index contributed by atoms with van der Waals surface area (Å²) in [6, 6.07) is 14.9. The molecular weight excluding hydrogens is 426 g/mol. The highest BCUT2D eigenvalue weighted by Crippen LogP contribution is 2.18. The summed E-state index contributed by atoms with van der Waals surface area (Å²) in [5, 5.41) is 5.89. The molecule has 3 rings (SSSR count). The van der Waals surface area contributed by atoms with E-state index in [-0.39, 0.29) is 16.7 Å². The fourth-order valence-corrected chi connectivity index (χ4v) is 4.11. The molecule has 1 heterocycles. The molecule has 0 spiro atoms. The average molecular weight is 454 g/mol. The summed E-state index contributed by atoms with van der Waals surface area (Å²) in [4.78, 5) is 21.4. The molecule has 0 fully saturated rings. The summed E-state index contributed by atoms with van der Waals surface area (Å²) in [5.74, 6) is 0.406. The van der Waals surface area contributed by atoms with Gasteiger partial charge in [-0.25, -0.2) is 23.1 Å². The normalized spacial score (nSPS) is 11.4. The standard InChI is InChI=1S/C23H27N5O3S/c1-15(2)14-24-32(30,31)21-11-9-19(10-12-21)27-22(29)18-5-7-20(8-6-18)28-23-25-16(3)13-17(4)26-23/h5-13,15,24H,14H2,1-4H3,(H,27,29)(H,25,26,28). The zero-order chi connectivity index (χ0) is 23.3. The average Bonchev–Trinajstić information content (AvgIpc) is 2.72. The SMILES string of the molecule is Cc1cc(C)nc(Nc2ccc(C(=O)Nc3ccc(S(=O)(=O)NCC(C)C)cc3)cc2)n1. The predicted octanol–water partition coefficient (Wildman–Crippen LogP) is 4.02. The Balaban J connectivity index is 1.63. The molecule has 1 amide bonds. The van der Waals surface area contributed by atoms with Gasteiger partial charge < -0.3 is 10.6 Å². The predicted molar refractivity (Wildman–Crippen MR) is 126 cm³/mol. The monoisotopic (exact) mass is 453 g/mol. The van der Waals surface area contributed by atoms with Crippen LogP contribution in [-0.2, 0) is 10.0 Å². The van der Waals surface area contributed by atoms with Gasteiger partial charge in [0.1, 0.15) is 0 Å². The fourth-order valence-electron chi connectivity index (χ4n) is 2.90. The summed E-state index contributed by atoms with van der Waals surface area (Å²) < 4.78 is 27.1. The molecule has 0 bridgehead atoms. The molecule has 0 saturated heterocycles. The second-order valence-electron chi connectivity index (χ2n) is 7.90. The Morgan fingerprint density at radius 1 is 0.906 bits per heavy atom. The molecule has 1 aromatic heterocycles. The molecule has 0 aliphatic heterocycles. The Kier molecular flexibility index (Phi) is 7.22. The molecular formula is C23H27N5O3S. The van der Waals surface area contributed by atoms with Crippen molar-refractivity contribution in [3.63, 3.8) is 0 Å². The van der Waals surface area contributed by atoms with Crippen molar-refractivity contribution in [1.82, 2.24) is 14.7 Å². The molecule has 9 heteroatoms. The van der Waals surface area contributed by atoms with Gasteiger partial charge in [-0.1, -0.05) is 13.8 Å². The van der Waals surface area contributed by atoms with E-state index in [1.165, 1.54) is 12.1 Å². The highest BCUT2D eigenvalue weighted by Gasteiger charge is 2.14. The van der Waals surface area contributed by atoms with E-state index in [4.69, 9.17) is 0 Å². The summed E-state index contributed by atoms with van der Waals surface area (Å²) in [6.07, 6.45) is 0. The maximum atomic E-state index is 12.5. The maximum Gasteiger partial charge on any atom is 0.255 e. The van der Waals surface area contributed by atoms with Gasteiger partial charge in [-0.15, -0.1) is 0 Å². The molecule has 0 unspecified atom stereocenters. The van der Waals surface area contributed by atoms with Crippen LogP contribution in [0.4, 0.5) is 17.3 Å². The molecule has 8 nitrogen and oxygen atoms in total. The Hall–Kier alpha value is -3.30. The number of hydrogen-bond donors (Lipinski definition) is 3. The number of carbonyl (C=O) groups excluding carboxylic acids is 1. The van der Waals surface area contributed by atoms with Crippen molar-refractivity contribution in [2.75, 3.05) is 17.2 Å². The van der Waals surface area contributed by atoms with Gasteiger partial charge in [-0.2, -0.15) is 0 Å². The van der Waals surface area contributed by atoms with Crippen LogP contribution in [0, 0.1) is 19.8 Å². The highest BCUT2D eigenvalue weighted by molar-refractivity contribution is 7.89. The zero-order valence-corrected chi connectivity index (χ0v) is 19.3. The van der Waals surface area contributed by atoms with Crippen LogP contribution in [0.1, 0.15) is 35.6 Å². The van der Waals surface area contributed by atoms with E-state index >= 15 is 0 Å². The third-order valence-corrected chi connectivity index (χ3v) is 5.93. The van der Waals surface area contributed by atoms with Gasteiger partial charge in [0.25, 0.3) is 5.91 Å². The van der Waals surface area contributed by atoms with Crippen molar-refractivity contribution in [3.8, 4) is 0 Å². The molecule has 2 aromatic carbocycles. The second-order valence-corrected chi connectivity index (χ2v) is 9.67. The van der Waals surface area contributed by atoms with Crippen molar-refractivity contribution in [3.05, 3.63) is 71.5 Å². The molecule has 0 saturated carbocycles. The summed E-state index contributed by atoms with van der Waals surface area (Å²) in [5.41, 5.74) is 3.46. The summed E-state index contributed by atoms with van der Waals surface area (Å²) in [7, 11) is -3.57. The number of anilines is 3. The number of amides is 1. The van der Waals surface area contributed by atoms with E-state index in [0.29, 0.717) is 23.7 Å². The number of aryl methyl sites for hydroxylation is 2. The molecule has 0 aliphatic rings. The molecule has 168 valence electrons. The maximum absolute atomic E-state index is 12.5. The van der Waals surface area contributed by atoms with E-state index in [0.717, 1.165) is 17.1 Å². The fraction of sp³-hybridized carbons (Fsp3) is 0.261. The van der Waals surface area contributed by atoms with Crippen molar-refractivity contribution >= 4 is 33.3 Å². The minimum atomic E-state index is -3.57. The topological polar surface area (TPSA) is 113 Å². The highest BCUT2D eigenvalue weighted by atomic mass is 32.2. The Labute approximate surface area is 188 Å². The first-order valence-corrected chi connectivity index (χ1v) is 11.7. The zero-order valence-electron chi connectivity index (χ0n) is 18.5. The summed E-state index contributed by atoms with van der Waals surface area (Å²) >= 11 is 0. The van der Waals surface area contributed by atoms with Gasteiger partial charge in [-0.3, -0.25) is 4.79 Å². The van der Waals surface area contributed by atoms with E-state index in [9.17, 15) is 13.2 Å².